The molecule has 0 bridgehead atoms. The minimum atomic E-state index is -3.09. The van der Waals surface area contributed by atoms with Gasteiger partial charge in [0.25, 0.3) is 0 Å². The van der Waals surface area contributed by atoms with Gasteiger partial charge in [0.05, 0.1) is 11.9 Å². The number of rotatable bonds is 6. The van der Waals surface area contributed by atoms with Crippen LogP contribution in [0.2, 0.25) is 0 Å². The van der Waals surface area contributed by atoms with E-state index in [1.54, 1.807) is 4.31 Å². The molecule has 2 aliphatic carbocycles. The lowest BCUT2D eigenvalue weighted by molar-refractivity contribution is 0.110. The first kappa shape index (κ1) is 14.6. The van der Waals surface area contributed by atoms with Crippen LogP contribution < -0.4 is 0 Å². The van der Waals surface area contributed by atoms with Gasteiger partial charge in [-0.05, 0) is 54.7 Å². The van der Waals surface area contributed by atoms with Crippen molar-refractivity contribution in [1.82, 2.24) is 9.29 Å². The second-order valence-electron chi connectivity index (χ2n) is 6.72. The molecule has 6 heteroatoms. The van der Waals surface area contributed by atoms with Crippen molar-refractivity contribution in [3.63, 3.8) is 0 Å². The lowest BCUT2D eigenvalue weighted by atomic mass is 9.99. The highest BCUT2D eigenvalue weighted by molar-refractivity contribution is 7.90. The molecule has 120 valence electrons. The highest BCUT2D eigenvalue weighted by Gasteiger charge is 2.41. The number of hydrogen-bond donors (Lipinski definition) is 0. The Bertz CT molecular complexity index is 666. The van der Waals surface area contributed by atoms with Crippen molar-refractivity contribution in [1.29, 1.82) is 0 Å². The number of pyridine rings is 1. The van der Waals surface area contributed by atoms with Crippen molar-refractivity contribution in [2.75, 3.05) is 13.2 Å². The summed E-state index contributed by atoms with van der Waals surface area (Å²) in [6, 6.07) is 0. The van der Waals surface area contributed by atoms with E-state index in [4.69, 9.17) is 4.74 Å². The number of fused-ring (bicyclic) bond motifs is 1. The van der Waals surface area contributed by atoms with Gasteiger partial charge in [-0.1, -0.05) is 0 Å². The summed E-state index contributed by atoms with van der Waals surface area (Å²) in [5.74, 6) is 0.756. The van der Waals surface area contributed by atoms with E-state index in [0.29, 0.717) is 19.7 Å². The van der Waals surface area contributed by atoms with E-state index < -0.39 is 10.0 Å². The van der Waals surface area contributed by atoms with Crippen LogP contribution in [0.1, 0.15) is 42.4 Å². The van der Waals surface area contributed by atoms with E-state index in [1.165, 1.54) is 18.4 Å². The van der Waals surface area contributed by atoms with Gasteiger partial charge in [-0.25, -0.2) is 8.42 Å². The molecule has 2 fully saturated rings. The Kier molecular flexibility index (Phi) is 3.71. The van der Waals surface area contributed by atoms with Gasteiger partial charge in [0.1, 0.15) is 0 Å². The van der Waals surface area contributed by atoms with Gasteiger partial charge in [-0.15, -0.1) is 0 Å². The number of sulfonamides is 1. The number of hydrogen-bond acceptors (Lipinski definition) is 4. The first-order chi connectivity index (χ1) is 10.6. The van der Waals surface area contributed by atoms with Gasteiger partial charge < -0.3 is 4.74 Å². The number of ether oxygens (including phenoxy) is 1. The van der Waals surface area contributed by atoms with E-state index in [0.717, 1.165) is 42.9 Å². The predicted octanol–water partition coefficient (Wildman–Crippen LogP) is 1.86. The van der Waals surface area contributed by atoms with Crippen LogP contribution in [0.25, 0.3) is 0 Å². The largest absolute Gasteiger partial charge is 0.376 e. The normalized spacial score (nSPS) is 22.5. The quantitative estimate of drug-likeness (QED) is 0.802. The lowest BCUT2D eigenvalue weighted by Gasteiger charge is -2.29. The first-order valence-electron chi connectivity index (χ1n) is 8.16. The molecular formula is C16H22N2O3S. The van der Waals surface area contributed by atoms with Gasteiger partial charge in [0.15, 0.2) is 0 Å². The molecule has 0 unspecified atom stereocenters. The molecule has 0 saturated heterocycles. The average Bonchev–Trinajstić information content (AvgIpc) is 3.39. The summed E-state index contributed by atoms with van der Waals surface area (Å²) < 4.78 is 32.2. The highest BCUT2D eigenvalue weighted by atomic mass is 32.2. The van der Waals surface area contributed by atoms with Crippen molar-refractivity contribution in [2.45, 2.75) is 50.5 Å². The molecule has 4 rings (SSSR count). The summed E-state index contributed by atoms with van der Waals surface area (Å²) in [7, 11) is -3.09. The fraction of sp³-hybridized carbons (Fsp3) is 0.688. The molecule has 22 heavy (non-hydrogen) atoms. The molecule has 1 aliphatic heterocycles. The summed E-state index contributed by atoms with van der Waals surface area (Å²) in [5, 5.41) is -0.132. The molecular weight excluding hydrogens is 300 g/mol. The van der Waals surface area contributed by atoms with Gasteiger partial charge in [0.2, 0.25) is 10.0 Å². The molecule has 0 atom stereocenters. The third kappa shape index (κ3) is 2.92. The zero-order valence-corrected chi connectivity index (χ0v) is 13.5. The Balaban J connectivity index is 1.47. The molecule has 3 aliphatic rings. The van der Waals surface area contributed by atoms with Crippen LogP contribution in [0.3, 0.4) is 0 Å². The van der Waals surface area contributed by atoms with E-state index >= 15 is 0 Å². The Morgan fingerprint density at radius 1 is 1.23 bits per heavy atom. The van der Waals surface area contributed by atoms with Crippen LogP contribution in [0.15, 0.2) is 12.4 Å². The van der Waals surface area contributed by atoms with Gasteiger partial charge >= 0.3 is 0 Å². The van der Waals surface area contributed by atoms with Crippen LogP contribution in [-0.2, 0) is 34.3 Å². The third-order valence-electron chi connectivity index (χ3n) is 4.81. The van der Waals surface area contributed by atoms with Gasteiger partial charge in [-0.2, -0.15) is 4.31 Å². The van der Waals surface area contributed by atoms with Crippen LogP contribution in [0.5, 0.6) is 0 Å². The summed E-state index contributed by atoms with van der Waals surface area (Å²) >= 11 is 0. The predicted molar refractivity (Wildman–Crippen MR) is 82.7 cm³/mol. The Morgan fingerprint density at radius 3 is 2.77 bits per heavy atom. The van der Waals surface area contributed by atoms with Crippen molar-refractivity contribution in [3.8, 4) is 0 Å². The molecule has 1 aromatic rings. The summed E-state index contributed by atoms with van der Waals surface area (Å²) in [6.07, 6.45) is 8.67. The van der Waals surface area contributed by atoms with E-state index in [-0.39, 0.29) is 5.25 Å². The molecule has 2 heterocycles. The maximum Gasteiger partial charge on any atom is 0.217 e. The molecule has 0 radical (unpaired) electrons. The van der Waals surface area contributed by atoms with Gasteiger partial charge in [0, 0.05) is 32.1 Å². The second-order valence-corrected chi connectivity index (χ2v) is 8.94. The van der Waals surface area contributed by atoms with Crippen LogP contribution in [0, 0.1) is 5.92 Å². The Morgan fingerprint density at radius 2 is 2.05 bits per heavy atom. The third-order valence-corrected chi connectivity index (χ3v) is 7.15. The summed E-state index contributed by atoms with van der Waals surface area (Å²) in [4.78, 5) is 4.29. The zero-order chi connectivity index (χ0) is 15.2. The Hall–Kier alpha value is -0.980. The van der Waals surface area contributed by atoms with Crippen molar-refractivity contribution in [2.24, 2.45) is 5.92 Å². The molecule has 5 nitrogen and oxygen atoms in total. The topological polar surface area (TPSA) is 59.5 Å². The number of nitrogens with zero attached hydrogens (tertiary/aromatic N) is 2. The first-order valence-corrected chi connectivity index (χ1v) is 9.66. The van der Waals surface area contributed by atoms with E-state index in [1.807, 2.05) is 12.4 Å². The standard InChI is InChI=1S/C16H22N2O3S/c19-22(20,15-3-4-15)18-6-5-16-13(9-18)7-17-8-14(16)11-21-10-12-1-2-12/h7-8,12,15H,1-6,9-11H2. The van der Waals surface area contributed by atoms with Gasteiger partial charge in [-0.3, -0.25) is 4.98 Å². The zero-order valence-electron chi connectivity index (χ0n) is 12.7. The monoisotopic (exact) mass is 322 g/mol. The maximum absolute atomic E-state index is 12.4. The average molecular weight is 322 g/mol. The Labute approximate surface area is 131 Å². The van der Waals surface area contributed by atoms with E-state index in [9.17, 15) is 8.42 Å². The van der Waals surface area contributed by atoms with Crippen molar-refractivity contribution < 1.29 is 13.2 Å². The molecule has 0 spiro atoms. The van der Waals surface area contributed by atoms with Crippen LogP contribution in [0.4, 0.5) is 0 Å². The highest BCUT2D eigenvalue weighted by Crippen LogP contribution is 2.34. The smallest absolute Gasteiger partial charge is 0.217 e. The van der Waals surface area contributed by atoms with Crippen LogP contribution >= 0.6 is 0 Å². The van der Waals surface area contributed by atoms with Crippen molar-refractivity contribution in [3.05, 3.63) is 29.1 Å². The molecule has 0 N–H and O–H groups in total. The number of aromatic nitrogens is 1. The summed E-state index contributed by atoms with van der Waals surface area (Å²) in [6.45, 7) is 2.50. The van der Waals surface area contributed by atoms with E-state index in [2.05, 4.69) is 4.98 Å². The maximum atomic E-state index is 12.4. The van der Waals surface area contributed by atoms with Crippen molar-refractivity contribution >= 4 is 10.0 Å². The fourth-order valence-corrected chi connectivity index (χ4v) is 4.90. The molecule has 0 amide bonds. The molecule has 1 aromatic heterocycles. The fourth-order valence-electron chi connectivity index (χ4n) is 3.08. The molecule has 2 saturated carbocycles. The SMILES string of the molecule is O=S(=O)(C1CC1)N1CCc2c(COCC3CC3)cncc2C1. The second kappa shape index (κ2) is 5.58. The minimum absolute atomic E-state index is 0.132. The minimum Gasteiger partial charge on any atom is -0.376 e. The summed E-state index contributed by atoms with van der Waals surface area (Å²) in [5.41, 5.74) is 3.41. The van der Waals surface area contributed by atoms with Crippen LogP contribution in [-0.4, -0.2) is 36.1 Å². The molecule has 0 aromatic carbocycles. The lowest BCUT2D eigenvalue weighted by Crippen LogP contribution is -2.38.